The Labute approximate surface area is 110 Å². The van der Waals surface area contributed by atoms with Gasteiger partial charge in [-0.25, -0.2) is 0 Å². The minimum atomic E-state index is 0. The highest BCUT2D eigenvalue weighted by atomic mass is 35.5. The monoisotopic (exact) mass is 261 g/mol. The summed E-state index contributed by atoms with van der Waals surface area (Å²) in [6.07, 6.45) is 3.83. The summed E-state index contributed by atoms with van der Waals surface area (Å²) in [6, 6.07) is 0.420. The van der Waals surface area contributed by atoms with Gasteiger partial charge in [-0.2, -0.15) is 5.10 Å². The molecule has 0 aromatic carbocycles. The second-order valence-corrected chi connectivity index (χ2v) is 4.40. The van der Waals surface area contributed by atoms with Crippen LogP contribution < -0.4 is 5.32 Å². The van der Waals surface area contributed by atoms with Gasteiger partial charge in [0.15, 0.2) is 0 Å². The minimum Gasteiger partial charge on any atom is -0.396 e. The molecule has 0 saturated heterocycles. The van der Waals surface area contributed by atoms with Crippen molar-refractivity contribution in [2.45, 2.75) is 46.2 Å². The van der Waals surface area contributed by atoms with Gasteiger partial charge in [0.1, 0.15) is 0 Å². The van der Waals surface area contributed by atoms with E-state index in [4.69, 9.17) is 5.11 Å². The molecular weight excluding hydrogens is 238 g/mol. The van der Waals surface area contributed by atoms with Gasteiger partial charge in [-0.1, -0.05) is 0 Å². The van der Waals surface area contributed by atoms with E-state index in [2.05, 4.69) is 31.2 Å². The molecule has 1 aromatic heterocycles. The molecular formula is C12H24ClN3O. The van der Waals surface area contributed by atoms with Crippen LogP contribution in [0, 0.1) is 6.92 Å². The Kier molecular flexibility index (Phi) is 8.21. The molecule has 17 heavy (non-hydrogen) atoms. The molecule has 1 aromatic rings. The number of aromatic nitrogens is 2. The standard InChI is InChI=1S/C12H23N3O.ClH/c1-10(2)15-11(3)12(9-14-15)8-13-6-4-5-7-16;/h9-10,13,16H,4-8H2,1-3H3;1H. The number of nitrogens with zero attached hydrogens (tertiary/aromatic N) is 2. The Morgan fingerprint density at radius 3 is 2.65 bits per heavy atom. The van der Waals surface area contributed by atoms with Gasteiger partial charge < -0.3 is 10.4 Å². The normalized spacial score (nSPS) is 10.6. The van der Waals surface area contributed by atoms with Crippen molar-refractivity contribution < 1.29 is 5.11 Å². The van der Waals surface area contributed by atoms with Crippen LogP contribution in [0.4, 0.5) is 0 Å². The van der Waals surface area contributed by atoms with E-state index in [9.17, 15) is 0 Å². The summed E-state index contributed by atoms with van der Waals surface area (Å²) in [6.45, 7) is 8.48. The molecule has 0 aliphatic heterocycles. The van der Waals surface area contributed by atoms with Crippen LogP contribution in [-0.4, -0.2) is 28.0 Å². The maximum Gasteiger partial charge on any atom is 0.0537 e. The van der Waals surface area contributed by atoms with Crippen LogP contribution in [0.3, 0.4) is 0 Å². The number of hydrogen-bond acceptors (Lipinski definition) is 3. The lowest BCUT2D eigenvalue weighted by atomic mass is 10.2. The quantitative estimate of drug-likeness (QED) is 0.739. The maximum absolute atomic E-state index is 8.65. The van der Waals surface area contributed by atoms with Crippen LogP contribution in [0.1, 0.15) is 44.0 Å². The van der Waals surface area contributed by atoms with Crippen molar-refractivity contribution >= 4 is 12.4 Å². The molecule has 0 saturated carbocycles. The third kappa shape index (κ3) is 5.06. The largest absolute Gasteiger partial charge is 0.396 e. The van der Waals surface area contributed by atoms with E-state index in [1.807, 2.05) is 10.9 Å². The zero-order valence-electron chi connectivity index (χ0n) is 10.9. The van der Waals surface area contributed by atoms with E-state index in [1.165, 1.54) is 11.3 Å². The molecule has 0 bridgehead atoms. The number of unbranched alkanes of at least 4 members (excludes halogenated alkanes) is 1. The number of hydrogen-bond donors (Lipinski definition) is 2. The second-order valence-electron chi connectivity index (χ2n) is 4.40. The lowest BCUT2D eigenvalue weighted by Crippen LogP contribution is -2.15. The highest BCUT2D eigenvalue weighted by molar-refractivity contribution is 5.85. The molecule has 0 fully saturated rings. The summed E-state index contributed by atoms with van der Waals surface area (Å²) < 4.78 is 2.05. The van der Waals surface area contributed by atoms with Crippen molar-refractivity contribution in [1.82, 2.24) is 15.1 Å². The number of rotatable bonds is 7. The Balaban J connectivity index is 0.00000256. The molecule has 0 spiro atoms. The Hall–Kier alpha value is -0.580. The molecule has 0 aliphatic rings. The molecule has 2 N–H and O–H groups in total. The van der Waals surface area contributed by atoms with Crippen molar-refractivity contribution in [3.05, 3.63) is 17.5 Å². The first-order valence-corrected chi connectivity index (χ1v) is 6.01. The fraction of sp³-hybridized carbons (Fsp3) is 0.750. The van der Waals surface area contributed by atoms with E-state index >= 15 is 0 Å². The van der Waals surface area contributed by atoms with Crippen LogP contribution in [-0.2, 0) is 6.54 Å². The molecule has 4 nitrogen and oxygen atoms in total. The fourth-order valence-corrected chi connectivity index (χ4v) is 1.74. The number of aliphatic hydroxyl groups is 1. The number of halogens is 1. The SMILES string of the molecule is Cc1c(CNCCCCO)cnn1C(C)C.Cl. The molecule has 0 radical (unpaired) electrons. The van der Waals surface area contributed by atoms with Gasteiger partial charge in [-0.3, -0.25) is 4.68 Å². The van der Waals surface area contributed by atoms with Crippen LogP contribution >= 0.6 is 12.4 Å². The lowest BCUT2D eigenvalue weighted by molar-refractivity contribution is 0.283. The van der Waals surface area contributed by atoms with Gasteiger partial charge >= 0.3 is 0 Å². The van der Waals surface area contributed by atoms with Gasteiger partial charge in [0.25, 0.3) is 0 Å². The molecule has 0 amide bonds. The van der Waals surface area contributed by atoms with Crippen molar-refractivity contribution in [2.75, 3.05) is 13.2 Å². The predicted molar refractivity (Wildman–Crippen MR) is 72.6 cm³/mol. The van der Waals surface area contributed by atoms with E-state index in [1.54, 1.807) is 0 Å². The smallest absolute Gasteiger partial charge is 0.0537 e. The van der Waals surface area contributed by atoms with E-state index in [0.717, 1.165) is 25.9 Å². The molecule has 1 rings (SSSR count). The number of aliphatic hydroxyl groups excluding tert-OH is 1. The predicted octanol–water partition coefficient (Wildman–Crippen LogP) is 2.06. The topological polar surface area (TPSA) is 50.1 Å². The maximum atomic E-state index is 8.65. The van der Waals surface area contributed by atoms with Gasteiger partial charge in [0.05, 0.1) is 6.20 Å². The van der Waals surface area contributed by atoms with E-state index in [-0.39, 0.29) is 19.0 Å². The molecule has 0 aliphatic carbocycles. The lowest BCUT2D eigenvalue weighted by Gasteiger charge is -2.09. The van der Waals surface area contributed by atoms with Crippen molar-refractivity contribution in [2.24, 2.45) is 0 Å². The zero-order valence-corrected chi connectivity index (χ0v) is 11.8. The first-order chi connectivity index (χ1) is 7.66. The zero-order chi connectivity index (χ0) is 12.0. The summed E-state index contributed by atoms with van der Waals surface area (Å²) in [5.74, 6) is 0. The van der Waals surface area contributed by atoms with Gasteiger partial charge in [-0.05, 0) is 40.2 Å². The van der Waals surface area contributed by atoms with Crippen LogP contribution in [0.25, 0.3) is 0 Å². The summed E-state index contributed by atoms with van der Waals surface area (Å²) in [5.41, 5.74) is 2.50. The van der Waals surface area contributed by atoms with Crippen molar-refractivity contribution in [3.8, 4) is 0 Å². The average molecular weight is 262 g/mol. The molecule has 100 valence electrons. The Morgan fingerprint density at radius 1 is 1.41 bits per heavy atom. The average Bonchev–Trinajstić information content (AvgIpc) is 2.60. The fourth-order valence-electron chi connectivity index (χ4n) is 1.74. The Bertz CT molecular complexity index is 313. The van der Waals surface area contributed by atoms with Crippen LogP contribution in [0.15, 0.2) is 6.20 Å². The van der Waals surface area contributed by atoms with Crippen LogP contribution in [0.2, 0.25) is 0 Å². The highest BCUT2D eigenvalue weighted by Gasteiger charge is 2.07. The highest BCUT2D eigenvalue weighted by Crippen LogP contribution is 2.12. The third-order valence-corrected chi connectivity index (χ3v) is 2.71. The summed E-state index contributed by atoms with van der Waals surface area (Å²) >= 11 is 0. The number of nitrogens with one attached hydrogen (secondary N) is 1. The van der Waals surface area contributed by atoms with Crippen molar-refractivity contribution in [1.29, 1.82) is 0 Å². The first kappa shape index (κ1) is 16.4. The van der Waals surface area contributed by atoms with Gasteiger partial charge in [0, 0.05) is 30.5 Å². The van der Waals surface area contributed by atoms with Crippen molar-refractivity contribution in [3.63, 3.8) is 0 Å². The molecule has 0 unspecified atom stereocenters. The summed E-state index contributed by atoms with van der Waals surface area (Å²) in [7, 11) is 0. The second kappa shape index (κ2) is 8.50. The summed E-state index contributed by atoms with van der Waals surface area (Å²) in [4.78, 5) is 0. The minimum absolute atomic E-state index is 0. The molecule has 0 atom stereocenters. The molecule has 5 heteroatoms. The summed E-state index contributed by atoms with van der Waals surface area (Å²) in [5, 5.41) is 16.4. The van der Waals surface area contributed by atoms with Gasteiger partial charge in [-0.15, -0.1) is 12.4 Å². The Morgan fingerprint density at radius 2 is 2.12 bits per heavy atom. The van der Waals surface area contributed by atoms with E-state index < -0.39 is 0 Å². The first-order valence-electron chi connectivity index (χ1n) is 6.01. The third-order valence-electron chi connectivity index (χ3n) is 2.71. The van der Waals surface area contributed by atoms with Crippen LogP contribution in [0.5, 0.6) is 0 Å². The molecule has 1 heterocycles. The van der Waals surface area contributed by atoms with Gasteiger partial charge in [0.2, 0.25) is 0 Å². The van der Waals surface area contributed by atoms with E-state index in [0.29, 0.717) is 6.04 Å².